The Bertz CT molecular complexity index is 582. The predicted octanol–water partition coefficient (Wildman–Crippen LogP) is 4.83. The minimum absolute atomic E-state index is 0. The molecule has 0 bridgehead atoms. The van der Waals surface area contributed by atoms with Gasteiger partial charge in [-0.3, -0.25) is 0 Å². The number of hydrogen-bond acceptors (Lipinski definition) is 2. The van der Waals surface area contributed by atoms with Gasteiger partial charge in [0.15, 0.2) is 0 Å². The summed E-state index contributed by atoms with van der Waals surface area (Å²) in [7, 11) is 0. The lowest BCUT2D eigenvalue weighted by atomic mass is 10.0. The van der Waals surface area contributed by atoms with Crippen molar-refractivity contribution >= 4 is 34.8 Å². The molecule has 0 saturated carbocycles. The lowest BCUT2D eigenvalue weighted by molar-refractivity contribution is 0.270. The van der Waals surface area contributed by atoms with Crippen LogP contribution in [-0.2, 0) is 0 Å². The zero-order chi connectivity index (χ0) is 13.8. The fourth-order valence-electron chi connectivity index (χ4n) is 2.84. The summed E-state index contributed by atoms with van der Waals surface area (Å²) in [6.07, 6.45) is 4.97. The van der Waals surface area contributed by atoms with E-state index in [9.17, 15) is 0 Å². The first-order valence-electron chi connectivity index (χ1n) is 7.38. The van der Waals surface area contributed by atoms with E-state index in [1.54, 1.807) is 0 Å². The molecule has 0 aromatic heterocycles. The third kappa shape index (κ3) is 4.03. The molecule has 2 nitrogen and oxygen atoms in total. The minimum atomic E-state index is 0. The van der Waals surface area contributed by atoms with Gasteiger partial charge in [0.1, 0.15) is 5.75 Å². The molecule has 114 valence electrons. The third-order valence-electron chi connectivity index (χ3n) is 3.97. The molecule has 2 aromatic rings. The van der Waals surface area contributed by atoms with Gasteiger partial charge in [0.2, 0.25) is 0 Å². The van der Waals surface area contributed by atoms with Crippen LogP contribution in [-0.4, -0.2) is 19.2 Å². The smallest absolute Gasteiger partial charge is 0.127 e. The molecule has 3 rings (SSSR count). The van der Waals surface area contributed by atoms with Crippen LogP contribution in [0.5, 0.6) is 5.75 Å². The zero-order valence-corrected chi connectivity index (χ0v) is 13.6. The fourth-order valence-corrected chi connectivity index (χ4v) is 3.07. The SMILES string of the molecule is Cl.Clc1ccc(OCCC2CCCCN2)c2ccccc12. The van der Waals surface area contributed by atoms with E-state index in [0.717, 1.165) is 41.1 Å². The lowest BCUT2D eigenvalue weighted by Crippen LogP contribution is -2.35. The average molecular weight is 326 g/mol. The average Bonchev–Trinajstić information content (AvgIpc) is 2.51. The topological polar surface area (TPSA) is 21.3 Å². The molecule has 1 fully saturated rings. The highest BCUT2D eigenvalue weighted by Gasteiger charge is 2.12. The molecule has 0 aliphatic carbocycles. The van der Waals surface area contributed by atoms with Crippen molar-refractivity contribution < 1.29 is 4.74 Å². The number of piperidine rings is 1. The molecule has 1 atom stereocenters. The van der Waals surface area contributed by atoms with E-state index in [4.69, 9.17) is 16.3 Å². The van der Waals surface area contributed by atoms with Gasteiger partial charge in [0.05, 0.1) is 6.61 Å². The van der Waals surface area contributed by atoms with Crippen molar-refractivity contribution in [1.82, 2.24) is 5.32 Å². The monoisotopic (exact) mass is 325 g/mol. The Morgan fingerprint density at radius 1 is 1.10 bits per heavy atom. The summed E-state index contributed by atoms with van der Waals surface area (Å²) in [5.41, 5.74) is 0. The second-order valence-corrected chi connectivity index (χ2v) is 5.78. The van der Waals surface area contributed by atoms with Crippen LogP contribution in [0.25, 0.3) is 10.8 Å². The molecule has 1 N–H and O–H groups in total. The molecular weight excluding hydrogens is 305 g/mol. The molecule has 0 amide bonds. The Kier molecular flexibility index (Phi) is 6.16. The maximum atomic E-state index is 6.22. The quantitative estimate of drug-likeness (QED) is 0.869. The Balaban J connectivity index is 0.00000161. The number of nitrogens with one attached hydrogen (secondary N) is 1. The van der Waals surface area contributed by atoms with Gasteiger partial charge in [-0.15, -0.1) is 12.4 Å². The van der Waals surface area contributed by atoms with Crippen LogP contribution in [0.2, 0.25) is 5.02 Å². The van der Waals surface area contributed by atoms with Crippen LogP contribution in [0.4, 0.5) is 0 Å². The first-order chi connectivity index (χ1) is 9.84. The maximum absolute atomic E-state index is 6.22. The Morgan fingerprint density at radius 2 is 1.90 bits per heavy atom. The maximum Gasteiger partial charge on any atom is 0.127 e. The Morgan fingerprint density at radius 3 is 2.67 bits per heavy atom. The van der Waals surface area contributed by atoms with Crippen molar-refractivity contribution in [2.24, 2.45) is 0 Å². The lowest BCUT2D eigenvalue weighted by Gasteiger charge is -2.23. The highest BCUT2D eigenvalue weighted by molar-refractivity contribution is 6.35. The molecule has 0 radical (unpaired) electrons. The minimum Gasteiger partial charge on any atom is -0.493 e. The van der Waals surface area contributed by atoms with Gasteiger partial charge in [-0.1, -0.05) is 42.3 Å². The van der Waals surface area contributed by atoms with Crippen molar-refractivity contribution in [3.8, 4) is 5.75 Å². The van der Waals surface area contributed by atoms with Crippen molar-refractivity contribution in [3.63, 3.8) is 0 Å². The standard InChI is InChI=1S/C17H20ClNO.ClH/c18-16-8-9-17(15-7-2-1-6-14(15)16)20-12-10-13-5-3-4-11-19-13;/h1-2,6-9,13,19H,3-5,10-12H2;1H. The fraction of sp³-hybridized carbons (Fsp3) is 0.412. The van der Waals surface area contributed by atoms with E-state index in [1.807, 2.05) is 30.3 Å². The Labute approximate surface area is 137 Å². The number of hydrogen-bond donors (Lipinski definition) is 1. The molecule has 1 aliphatic rings. The summed E-state index contributed by atoms with van der Waals surface area (Å²) in [6, 6.07) is 12.6. The van der Waals surface area contributed by atoms with E-state index in [1.165, 1.54) is 19.3 Å². The second kappa shape index (κ2) is 7.88. The summed E-state index contributed by atoms with van der Waals surface area (Å²) in [5, 5.41) is 6.48. The first-order valence-corrected chi connectivity index (χ1v) is 7.76. The first kappa shape index (κ1) is 16.4. The van der Waals surface area contributed by atoms with Crippen LogP contribution in [0.15, 0.2) is 36.4 Å². The third-order valence-corrected chi connectivity index (χ3v) is 4.30. The molecule has 1 aliphatic heterocycles. The molecule has 1 saturated heterocycles. The highest BCUT2D eigenvalue weighted by Crippen LogP contribution is 2.31. The van der Waals surface area contributed by atoms with Gasteiger partial charge < -0.3 is 10.1 Å². The molecule has 2 aromatic carbocycles. The van der Waals surface area contributed by atoms with Crippen molar-refractivity contribution in [3.05, 3.63) is 41.4 Å². The van der Waals surface area contributed by atoms with Gasteiger partial charge in [0, 0.05) is 21.8 Å². The molecule has 21 heavy (non-hydrogen) atoms. The van der Waals surface area contributed by atoms with Gasteiger partial charge in [0.25, 0.3) is 0 Å². The molecule has 1 unspecified atom stereocenters. The van der Waals surface area contributed by atoms with Crippen LogP contribution in [0.1, 0.15) is 25.7 Å². The van der Waals surface area contributed by atoms with Crippen molar-refractivity contribution in [2.45, 2.75) is 31.7 Å². The summed E-state index contributed by atoms with van der Waals surface area (Å²) in [6.45, 7) is 1.90. The van der Waals surface area contributed by atoms with E-state index >= 15 is 0 Å². The van der Waals surface area contributed by atoms with Crippen LogP contribution >= 0.6 is 24.0 Å². The summed E-state index contributed by atoms with van der Waals surface area (Å²) in [4.78, 5) is 0. The number of halogens is 2. The number of fused-ring (bicyclic) bond motifs is 1. The van der Waals surface area contributed by atoms with Crippen LogP contribution in [0.3, 0.4) is 0 Å². The molecule has 1 heterocycles. The molecule has 0 spiro atoms. The zero-order valence-electron chi connectivity index (χ0n) is 12.0. The molecule has 4 heteroatoms. The summed E-state index contributed by atoms with van der Waals surface area (Å²) >= 11 is 6.22. The van der Waals surface area contributed by atoms with E-state index in [2.05, 4.69) is 11.4 Å². The summed E-state index contributed by atoms with van der Waals surface area (Å²) in [5.74, 6) is 0.931. The van der Waals surface area contributed by atoms with Crippen LogP contribution in [0, 0.1) is 0 Å². The van der Waals surface area contributed by atoms with Crippen molar-refractivity contribution in [2.75, 3.05) is 13.2 Å². The highest BCUT2D eigenvalue weighted by atomic mass is 35.5. The van der Waals surface area contributed by atoms with Gasteiger partial charge >= 0.3 is 0 Å². The van der Waals surface area contributed by atoms with Gasteiger partial charge in [-0.05, 0) is 37.9 Å². The van der Waals surface area contributed by atoms with Gasteiger partial charge in [-0.2, -0.15) is 0 Å². The van der Waals surface area contributed by atoms with Crippen molar-refractivity contribution in [1.29, 1.82) is 0 Å². The van der Waals surface area contributed by atoms with E-state index in [0.29, 0.717) is 6.04 Å². The van der Waals surface area contributed by atoms with Crippen LogP contribution < -0.4 is 10.1 Å². The predicted molar refractivity (Wildman–Crippen MR) is 92.0 cm³/mol. The normalized spacial score (nSPS) is 18.2. The molecular formula is C17H21Cl2NO. The van der Waals surface area contributed by atoms with Gasteiger partial charge in [-0.25, -0.2) is 0 Å². The van der Waals surface area contributed by atoms with E-state index in [-0.39, 0.29) is 12.4 Å². The Hall–Kier alpha value is -0.960. The number of ether oxygens (including phenoxy) is 1. The second-order valence-electron chi connectivity index (χ2n) is 5.38. The largest absolute Gasteiger partial charge is 0.493 e. The summed E-state index contributed by atoms with van der Waals surface area (Å²) < 4.78 is 5.98. The number of rotatable bonds is 4. The number of benzene rings is 2. The van der Waals surface area contributed by atoms with E-state index < -0.39 is 0 Å².